The van der Waals surface area contributed by atoms with Gasteiger partial charge in [0.2, 0.25) is 5.91 Å². The van der Waals surface area contributed by atoms with Crippen LogP contribution in [0.4, 0.5) is 4.39 Å². The largest absolute Gasteiger partial charge is 0.412 e. The molecule has 0 saturated carbocycles. The van der Waals surface area contributed by atoms with Gasteiger partial charge in [-0.2, -0.15) is 0 Å². The number of amides is 1. The lowest BCUT2D eigenvalue weighted by Crippen LogP contribution is -2.43. The van der Waals surface area contributed by atoms with E-state index in [0.717, 1.165) is 56.9 Å². The van der Waals surface area contributed by atoms with Crippen LogP contribution in [-0.2, 0) is 4.79 Å². The molecule has 1 fully saturated rings. The van der Waals surface area contributed by atoms with E-state index in [1.54, 1.807) is 17.0 Å². The van der Waals surface area contributed by atoms with E-state index < -0.39 is 0 Å². The molecule has 1 amide bonds. The van der Waals surface area contributed by atoms with Crippen molar-refractivity contribution in [2.24, 2.45) is 16.8 Å². The minimum Gasteiger partial charge on any atom is -0.412 e. The molecule has 1 unspecified atom stereocenters. The van der Waals surface area contributed by atoms with Crippen LogP contribution in [-0.4, -0.2) is 58.9 Å². The molecular formula is C24H32Cl2FN3O3. The number of aliphatic imine (C=N–C) groups is 1. The summed E-state index contributed by atoms with van der Waals surface area (Å²) in [7, 11) is 0. The van der Waals surface area contributed by atoms with Crippen molar-refractivity contribution in [3.05, 3.63) is 59.7 Å². The number of piperidine rings is 1. The SMILES string of the molecule is CC1=NC2=CC=CCN2C(=O)C1CCCN1CCC(C(=O)c2ccc(F)cc2)CC1.Cl.Cl.O. The Kier molecular flexibility index (Phi) is 11.4. The van der Waals surface area contributed by atoms with Crippen LogP contribution in [0.2, 0.25) is 0 Å². The third-order valence-corrected chi connectivity index (χ3v) is 6.36. The number of carbonyl (C=O) groups is 2. The van der Waals surface area contributed by atoms with Gasteiger partial charge in [-0.1, -0.05) is 12.2 Å². The van der Waals surface area contributed by atoms with Gasteiger partial charge in [0.1, 0.15) is 11.6 Å². The summed E-state index contributed by atoms with van der Waals surface area (Å²) in [6.45, 7) is 5.25. The number of likely N-dealkylation sites (tertiary alicyclic amines) is 1. The zero-order valence-electron chi connectivity index (χ0n) is 18.7. The number of benzene rings is 1. The number of rotatable bonds is 6. The van der Waals surface area contributed by atoms with Crippen molar-refractivity contribution < 1.29 is 19.5 Å². The summed E-state index contributed by atoms with van der Waals surface area (Å²) in [6, 6.07) is 5.85. The Bertz CT molecular complexity index is 910. The Morgan fingerprint density at radius 2 is 1.82 bits per heavy atom. The summed E-state index contributed by atoms with van der Waals surface area (Å²) in [4.78, 5) is 34.2. The minimum absolute atomic E-state index is 0. The molecule has 1 aromatic rings. The molecule has 1 atom stereocenters. The Labute approximate surface area is 206 Å². The number of fused-ring (bicyclic) bond motifs is 1. The first-order chi connectivity index (χ1) is 14.5. The molecule has 6 nitrogen and oxygen atoms in total. The standard InChI is InChI=1S/C24H28FN3O2.2ClH.H2O/c1-17-21(24(30)28-14-3-2-6-22(28)26-17)5-4-13-27-15-11-19(12-16-27)23(29)18-7-9-20(25)10-8-18;;;/h2-3,6-10,19,21H,4-5,11-16H2,1H3;2*1H;1H2. The van der Waals surface area contributed by atoms with Crippen molar-refractivity contribution in [1.82, 2.24) is 9.80 Å². The highest BCUT2D eigenvalue weighted by Crippen LogP contribution is 2.26. The summed E-state index contributed by atoms with van der Waals surface area (Å²) in [5.41, 5.74) is 1.50. The monoisotopic (exact) mass is 499 g/mol. The first-order valence-electron chi connectivity index (χ1n) is 10.8. The molecule has 0 radical (unpaired) electrons. The van der Waals surface area contributed by atoms with Gasteiger partial charge < -0.3 is 10.4 Å². The van der Waals surface area contributed by atoms with Gasteiger partial charge in [-0.05, 0) is 82.6 Å². The Morgan fingerprint density at radius 1 is 1.15 bits per heavy atom. The molecule has 33 heavy (non-hydrogen) atoms. The molecule has 0 aliphatic carbocycles. The predicted octanol–water partition coefficient (Wildman–Crippen LogP) is 3.85. The number of hydrogen-bond donors (Lipinski definition) is 0. The highest BCUT2D eigenvalue weighted by molar-refractivity contribution is 6.06. The number of ketones is 1. The Hall–Kier alpha value is -2.06. The van der Waals surface area contributed by atoms with E-state index in [4.69, 9.17) is 0 Å². The minimum atomic E-state index is -0.318. The third kappa shape index (κ3) is 6.73. The lowest BCUT2D eigenvalue weighted by atomic mass is 9.88. The van der Waals surface area contributed by atoms with Crippen LogP contribution >= 0.6 is 24.8 Å². The molecule has 0 bridgehead atoms. The Balaban J connectivity index is 0.00000181. The lowest BCUT2D eigenvalue weighted by molar-refractivity contribution is -0.131. The maximum Gasteiger partial charge on any atom is 0.237 e. The number of halogens is 3. The summed E-state index contributed by atoms with van der Waals surface area (Å²) >= 11 is 0. The van der Waals surface area contributed by atoms with Crippen LogP contribution in [0.25, 0.3) is 0 Å². The van der Waals surface area contributed by atoms with E-state index in [-0.39, 0.29) is 59.6 Å². The second kappa shape index (κ2) is 13.0. The fraction of sp³-hybridized carbons (Fsp3) is 0.458. The van der Waals surface area contributed by atoms with Crippen LogP contribution in [0.3, 0.4) is 0 Å². The van der Waals surface area contributed by atoms with Gasteiger partial charge in [-0.25, -0.2) is 9.38 Å². The van der Waals surface area contributed by atoms with Crippen LogP contribution < -0.4 is 0 Å². The molecule has 182 valence electrons. The van der Waals surface area contributed by atoms with Gasteiger partial charge in [0.25, 0.3) is 0 Å². The highest BCUT2D eigenvalue weighted by atomic mass is 35.5. The average molecular weight is 500 g/mol. The summed E-state index contributed by atoms with van der Waals surface area (Å²) < 4.78 is 13.1. The van der Waals surface area contributed by atoms with Crippen LogP contribution in [0.15, 0.2) is 53.3 Å². The van der Waals surface area contributed by atoms with Crippen molar-refractivity contribution in [3.63, 3.8) is 0 Å². The van der Waals surface area contributed by atoms with E-state index >= 15 is 0 Å². The van der Waals surface area contributed by atoms with Crippen LogP contribution in [0, 0.1) is 17.7 Å². The van der Waals surface area contributed by atoms with Crippen molar-refractivity contribution >= 4 is 42.2 Å². The van der Waals surface area contributed by atoms with Crippen molar-refractivity contribution in [1.29, 1.82) is 0 Å². The molecule has 0 aromatic heterocycles. The summed E-state index contributed by atoms with van der Waals surface area (Å²) in [5, 5.41) is 0. The fourth-order valence-corrected chi connectivity index (χ4v) is 4.55. The molecule has 3 heterocycles. The molecule has 4 rings (SSSR count). The van der Waals surface area contributed by atoms with Gasteiger partial charge in [0, 0.05) is 23.7 Å². The smallest absolute Gasteiger partial charge is 0.237 e. The van der Waals surface area contributed by atoms with E-state index in [1.807, 2.05) is 25.2 Å². The van der Waals surface area contributed by atoms with Gasteiger partial charge in [-0.15, -0.1) is 24.8 Å². The number of nitrogens with zero attached hydrogens (tertiary/aromatic N) is 3. The van der Waals surface area contributed by atoms with E-state index in [2.05, 4.69) is 9.89 Å². The van der Waals surface area contributed by atoms with Gasteiger partial charge in [0.15, 0.2) is 5.78 Å². The van der Waals surface area contributed by atoms with Crippen LogP contribution in [0.5, 0.6) is 0 Å². The maximum atomic E-state index is 13.1. The fourth-order valence-electron chi connectivity index (χ4n) is 4.55. The number of hydrogen-bond acceptors (Lipinski definition) is 4. The zero-order chi connectivity index (χ0) is 21.1. The van der Waals surface area contributed by atoms with Gasteiger partial charge in [0.05, 0.1) is 5.92 Å². The normalized spacial score (nSPS) is 20.5. The average Bonchev–Trinajstić information content (AvgIpc) is 2.76. The predicted molar refractivity (Wildman–Crippen MR) is 133 cm³/mol. The first-order valence-corrected chi connectivity index (χ1v) is 10.8. The molecule has 9 heteroatoms. The quantitative estimate of drug-likeness (QED) is 0.557. The molecule has 3 aliphatic heterocycles. The molecule has 1 saturated heterocycles. The van der Waals surface area contributed by atoms with Gasteiger partial charge in [-0.3, -0.25) is 14.5 Å². The van der Waals surface area contributed by atoms with E-state index in [9.17, 15) is 14.0 Å². The number of carbonyl (C=O) groups excluding carboxylic acids is 2. The molecule has 0 spiro atoms. The van der Waals surface area contributed by atoms with Crippen molar-refractivity contribution in [2.75, 3.05) is 26.2 Å². The molecule has 1 aromatic carbocycles. The number of Topliss-reactive ketones (excluding diaryl/α,β-unsaturated/α-hetero) is 1. The summed E-state index contributed by atoms with van der Waals surface area (Å²) in [6.07, 6.45) is 9.20. The zero-order valence-corrected chi connectivity index (χ0v) is 20.3. The molecule has 2 N–H and O–H groups in total. The Morgan fingerprint density at radius 3 is 2.48 bits per heavy atom. The molecular weight excluding hydrogens is 468 g/mol. The second-order valence-electron chi connectivity index (χ2n) is 8.34. The highest BCUT2D eigenvalue weighted by Gasteiger charge is 2.33. The summed E-state index contributed by atoms with van der Waals surface area (Å²) in [5.74, 6) is 0.589. The maximum absolute atomic E-state index is 13.1. The van der Waals surface area contributed by atoms with Crippen molar-refractivity contribution in [3.8, 4) is 0 Å². The third-order valence-electron chi connectivity index (χ3n) is 6.36. The van der Waals surface area contributed by atoms with E-state index in [1.165, 1.54) is 12.1 Å². The van der Waals surface area contributed by atoms with Crippen LogP contribution in [0.1, 0.15) is 43.0 Å². The topological polar surface area (TPSA) is 84.5 Å². The first kappa shape index (κ1) is 29.0. The lowest BCUT2D eigenvalue weighted by Gasteiger charge is -2.34. The van der Waals surface area contributed by atoms with Gasteiger partial charge >= 0.3 is 0 Å². The second-order valence-corrected chi connectivity index (χ2v) is 8.34. The van der Waals surface area contributed by atoms with E-state index in [0.29, 0.717) is 12.1 Å². The van der Waals surface area contributed by atoms with Crippen molar-refractivity contribution in [2.45, 2.75) is 32.6 Å². The number of allylic oxidation sites excluding steroid dienone is 2. The molecule has 3 aliphatic rings.